The lowest BCUT2D eigenvalue weighted by molar-refractivity contribution is 0.210. The summed E-state index contributed by atoms with van der Waals surface area (Å²) in [7, 11) is -1.59. The van der Waals surface area contributed by atoms with Crippen LogP contribution in [0.15, 0.2) is 0 Å². The van der Waals surface area contributed by atoms with Gasteiger partial charge < -0.3 is 8.85 Å². The molecule has 0 aliphatic heterocycles. The summed E-state index contributed by atoms with van der Waals surface area (Å²) in [5, 5.41) is 0.125. The first-order valence-corrected chi connectivity index (χ1v) is 7.18. The van der Waals surface area contributed by atoms with Crippen LogP contribution in [0.25, 0.3) is 0 Å². The maximum Gasteiger partial charge on any atom is 0.339 e. The van der Waals surface area contributed by atoms with E-state index in [4.69, 9.17) is 20.5 Å². The van der Waals surface area contributed by atoms with Gasteiger partial charge in [0.15, 0.2) is 0 Å². The third-order valence-electron chi connectivity index (χ3n) is 1.79. The number of hydrogen-bond donors (Lipinski definition) is 0. The summed E-state index contributed by atoms with van der Waals surface area (Å²) < 4.78 is 11.1. The molecular weight excluding hydrogens is 204 g/mol. The number of halogens is 1. The molecule has 0 aromatic heterocycles. The lowest BCUT2D eigenvalue weighted by Gasteiger charge is -2.19. The molecule has 0 saturated heterocycles. The van der Waals surface area contributed by atoms with Gasteiger partial charge in [0.25, 0.3) is 0 Å². The van der Waals surface area contributed by atoms with E-state index in [1.54, 1.807) is 0 Å². The van der Waals surface area contributed by atoms with Crippen LogP contribution in [-0.2, 0) is 8.85 Å². The smallest absolute Gasteiger partial charge is 0.339 e. The molecule has 4 heteroatoms. The fraction of sp³-hybridized carbons (Fsp3) is 1.00. The highest BCUT2D eigenvalue weighted by atomic mass is 35.5. The fourth-order valence-electron chi connectivity index (χ4n) is 1.12. The Hall–Kier alpha value is 0.427. The lowest BCUT2D eigenvalue weighted by atomic mass is 10.3. The van der Waals surface area contributed by atoms with E-state index in [0.717, 1.165) is 12.8 Å². The van der Waals surface area contributed by atoms with E-state index in [9.17, 15) is 0 Å². The Bertz CT molecular complexity index is 108. The van der Waals surface area contributed by atoms with Crippen LogP contribution in [0.3, 0.4) is 0 Å². The molecule has 0 radical (unpaired) electrons. The summed E-state index contributed by atoms with van der Waals surface area (Å²) in [6.45, 7) is 7.57. The highest BCUT2D eigenvalue weighted by Gasteiger charge is 2.22. The summed E-state index contributed by atoms with van der Waals surface area (Å²) in [6.07, 6.45) is 3.37. The predicted octanol–water partition coefficient (Wildman–Crippen LogP) is 2.62. The molecule has 0 fully saturated rings. The van der Waals surface area contributed by atoms with Crippen molar-refractivity contribution in [1.29, 1.82) is 0 Å². The molecule has 0 amide bonds. The van der Waals surface area contributed by atoms with Crippen LogP contribution in [0, 0.1) is 0 Å². The van der Waals surface area contributed by atoms with Gasteiger partial charge in [0.05, 0.1) is 5.00 Å². The van der Waals surface area contributed by atoms with E-state index < -0.39 is 9.28 Å². The van der Waals surface area contributed by atoms with Crippen LogP contribution in [0.4, 0.5) is 0 Å². The number of unbranched alkanes of at least 4 members (excludes halogenated alkanes) is 1. The largest absolute Gasteiger partial charge is 0.396 e. The van der Waals surface area contributed by atoms with Crippen molar-refractivity contribution in [3.8, 4) is 0 Å². The Morgan fingerprint density at radius 3 is 2.08 bits per heavy atom. The van der Waals surface area contributed by atoms with Gasteiger partial charge in [-0.25, -0.2) is 0 Å². The van der Waals surface area contributed by atoms with Gasteiger partial charge in [0.1, 0.15) is 0 Å². The molecule has 0 N–H and O–H groups in total. The first-order chi connectivity index (χ1) is 6.26. The summed E-state index contributed by atoms with van der Waals surface area (Å²) in [6, 6.07) is 0. The molecule has 1 atom stereocenters. The van der Waals surface area contributed by atoms with Crippen molar-refractivity contribution in [3.63, 3.8) is 0 Å². The van der Waals surface area contributed by atoms with Crippen molar-refractivity contribution in [1.82, 2.24) is 0 Å². The van der Waals surface area contributed by atoms with E-state index in [0.29, 0.717) is 13.2 Å². The van der Waals surface area contributed by atoms with Gasteiger partial charge >= 0.3 is 9.28 Å². The topological polar surface area (TPSA) is 18.5 Å². The average molecular weight is 225 g/mol. The second-order valence-corrected chi connectivity index (χ2v) is 6.13. The molecule has 0 aromatic rings. The normalized spacial score (nSPS) is 13.6. The van der Waals surface area contributed by atoms with Gasteiger partial charge in [-0.15, -0.1) is 11.6 Å². The zero-order valence-corrected chi connectivity index (χ0v) is 10.8. The second kappa shape index (κ2) is 9.00. The van der Waals surface area contributed by atoms with E-state index in [1.807, 2.05) is 13.8 Å². The van der Waals surface area contributed by atoms with Crippen molar-refractivity contribution >= 4 is 20.9 Å². The zero-order chi connectivity index (χ0) is 10.1. The van der Waals surface area contributed by atoms with Crippen LogP contribution in [0.2, 0.25) is 0 Å². The van der Waals surface area contributed by atoms with Crippen LogP contribution < -0.4 is 0 Å². The van der Waals surface area contributed by atoms with Gasteiger partial charge in [0, 0.05) is 13.2 Å². The summed E-state index contributed by atoms with van der Waals surface area (Å²) in [5.41, 5.74) is 0. The fourth-order valence-corrected chi connectivity index (χ4v) is 3.39. The number of hydrogen-bond acceptors (Lipinski definition) is 2. The van der Waals surface area contributed by atoms with Gasteiger partial charge in [-0.3, -0.25) is 0 Å². The van der Waals surface area contributed by atoms with Crippen LogP contribution in [0.1, 0.15) is 40.0 Å². The third-order valence-corrected chi connectivity index (χ3v) is 4.87. The molecule has 0 spiro atoms. The van der Waals surface area contributed by atoms with Crippen molar-refractivity contribution in [2.75, 3.05) is 13.2 Å². The van der Waals surface area contributed by atoms with Crippen molar-refractivity contribution in [3.05, 3.63) is 0 Å². The van der Waals surface area contributed by atoms with Gasteiger partial charge in [0.2, 0.25) is 0 Å². The molecule has 0 aliphatic carbocycles. The second-order valence-electron chi connectivity index (χ2n) is 2.94. The van der Waals surface area contributed by atoms with Gasteiger partial charge in [-0.05, 0) is 20.3 Å². The Morgan fingerprint density at radius 2 is 1.69 bits per heavy atom. The minimum absolute atomic E-state index is 0.125. The van der Waals surface area contributed by atoms with Crippen LogP contribution >= 0.6 is 11.6 Å². The van der Waals surface area contributed by atoms with Crippen LogP contribution in [-0.4, -0.2) is 27.5 Å². The maximum absolute atomic E-state index is 6.19. The van der Waals surface area contributed by atoms with E-state index in [2.05, 4.69) is 6.92 Å². The summed E-state index contributed by atoms with van der Waals surface area (Å²) >= 11 is 6.19. The summed E-state index contributed by atoms with van der Waals surface area (Å²) in [4.78, 5) is 0. The quantitative estimate of drug-likeness (QED) is 0.466. The Balaban J connectivity index is 3.72. The van der Waals surface area contributed by atoms with Crippen molar-refractivity contribution < 1.29 is 8.85 Å². The molecule has 0 rings (SSSR count). The zero-order valence-electron chi connectivity index (χ0n) is 8.88. The van der Waals surface area contributed by atoms with E-state index in [-0.39, 0.29) is 5.00 Å². The Labute approximate surface area is 88.4 Å². The molecule has 0 saturated carbocycles. The number of alkyl halides is 1. The standard InChI is InChI=1S/C9H21ClO2Si/c1-4-7-8-9(10)13(11-5-2)12-6-3/h9,13H,4-8H2,1-3H3. The molecule has 13 heavy (non-hydrogen) atoms. The van der Waals surface area contributed by atoms with Gasteiger partial charge in [-0.1, -0.05) is 19.8 Å². The molecule has 1 unspecified atom stereocenters. The Kier molecular flexibility index (Phi) is 9.30. The molecule has 0 heterocycles. The highest BCUT2D eigenvalue weighted by Crippen LogP contribution is 2.12. The molecule has 0 aliphatic rings. The highest BCUT2D eigenvalue weighted by molar-refractivity contribution is 6.59. The first kappa shape index (κ1) is 13.4. The van der Waals surface area contributed by atoms with Crippen molar-refractivity contribution in [2.45, 2.75) is 45.0 Å². The SMILES string of the molecule is CCCCC(Cl)[SiH](OCC)OCC. The Morgan fingerprint density at radius 1 is 1.15 bits per heavy atom. The predicted molar refractivity (Wildman–Crippen MR) is 59.6 cm³/mol. The molecule has 0 aromatic carbocycles. The van der Waals surface area contributed by atoms with Crippen LogP contribution in [0.5, 0.6) is 0 Å². The molecule has 0 bridgehead atoms. The number of rotatable bonds is 8. The van der Waals surface area contributed by atoms with Gasteiger partial charge in [-0.2, -0.15) is 0 Å². The molecular formula is C9H21ClO2Si. The lowest BCUT2D eigenvalue weighted by Crippen LogP contribution is -2.34. The van der Waals surface area contributed by atoms with E-state index >= 15 is 0 Å². The minimum Gasteiger partial charge on any atom is -0.396 e. The molecule has 2 nitrogen and oxygen atoms in total. The maximum atomic E-state index is 6.19. The first-order valence-electron chi connectivity index (χ1n) is 5.13. The monoisotopic (exact) mass is 224 g/mol. The summed E-state index contributed by atoms with van der Waals surface area (Å²) in [5.74, 6) is 0. The third kappa shape index (κ3) is 6.49. The molecule has 80 valence electrons. The minimum atomic E-state index is -1.59. The van der Waals surface area contributed by atoms with E-state index in [1.165, 1.54) is 6.42 Å². The average Bonchev–Trinajstić information content (AvgIpc) is 2.14. The van der Waals surface area contributed by atoms with Crippen molar-refractivity contribution in [2.24, 2.45) is 0 Å².